The van der Waals surface area contributed by atoms with Crippen LogP contribution in [0.3, 0.4) is 0 Å². The maximum Gasteiger partial charge on any atom is 0.265 e. The number of amides is 2. The SMILES string of the molecule is C[C@H](Oc1ccccc1Cl)C(=O)Nc1ccccc1C(=O)NC1CCCCC1. The van der Waals surface area contributed by atoms with Crippen molar-refractivity contribution in [1.82, 2.24) is 5.32 Å². The van der Waals surface area contributed by atoms with Crippen LogP contribution in [0.15, 0.2) is 48.5 Å². The van der Waals surface area contributed by atoms with E-state index in [1.165, 1.54) is 6.42 Å². The van der Waals surface area contributed by atoms with Crippen molar-refractivity contribution in [2.75, 3.05) is 5.32 Å². The van der Waals surface area contributed by atoms with Gasteiger partial charge in [0.25, 0.3) is 11.8 Å². The molecule has 28 heavy (non-hydrogen) atoms. The van der Waals surface area contributed by atoms with Crippen molar-refractivity contribution in [3.05, 3.63) is 59.1 Å². The number of para-hydroxylation sites is 2. The number of hydrogen-bond donors (Lipinski definition) is 2. The molecule has 2 aromatic rings. The number of halogens is 1. The number of ether oxygens (including phenoxy) is 1. The summed E-state index contributed by atoms with van der Waals surface area (Å²) in [6.45, 7) is 1.64. The summed E-state index contributed by atoms with van der Waals surface area (Å²) in [7, 11) is 0. The molecule has 2 amide bonds. The zero-order valence-corrected chi connectivity index (χ0v) is 16.7. The van der Waals surface area contributed by atoms with Crippen molar-refractivity contribution in [2.45, 2.75) is 51.2 Å². The van der Waals surface area contributed by atoms with E-state index in [1.807, 2.05) is 0 Å². The lowest BCUT2D eigenvalue weighted by molar-refractivity contribution is -0.122. The maximum absolute atomic E-state index is 12.7. The Hall–Kier alpha value is -2.53. The van der Waals surface area contributed by atoms with E-state index in [2.05, 4.69) is 10.6 Å². The first kappa shape index (κ1) is 20.2. The number of anilines is 1. The lowest BCUT2D eigenvalue weighted by Gasteiger charge is -2.23. The Labute approximate surface area is 170 Å². The van der Waals surface area contributed by atoms with Gasteiger partial charge < -0.3 is 15.4 Å². The summed E-state index contributed by atoms with van der Waals surface area (Å²) in [6, 6.07) is 14.2. The van der Waals surface area contributed by atoms with Gasteiger partial charge in [0.1, 0.15) is 5.75 Å². The number of rotatable bonds is 6. The highest BCUT2D eigenvalue weighted by Crippen LogP contribution is 2.25. The number of nitrogens with one attached hydrogen (secondary N) is 2. The van der Waals surface area contributed by atoms with Gasteiger partial charge in [-0.15, -0.1) is 0 Å². The smallest absolute Gasteiger partial charge is 0.265 e. The van der Waals surface area contributed by atoms with E-state index in [0.717, 1.165) is 25.7 Å². The number of carbonyl (C=O) groups excluding carboxylic acids is 2. The van der Waals surface area contributed by atoms with Crippen molar-refractivity contribution in [2.24, 2.45) is 0 Å². The minimum absolute atomic E-state index is 0.164. The first-order valence-electron chi connectivity index (χ1n) is 9.66. The van der Waals surface area contributed by atoms with Crippen molar-refractivity contribution >= 4 is 29.1 Å². The summed E-state index contributed by atoms with van der Waals surface area (Å²) in [6.07, 6.45) is 4.74. The average molecular weight is 401 g/mol. The molecule has 0 aliphatic heterocycles. The molecule has 1 fully saturated rings. The van der Waals surface area contributed by atoms with Gasteiger partial charge in [0.15, 0.2) is 6.10 Å². The number of hydrogen-bond acceptors (Lipinski definition) is 3. The van der Waals surface area contributed by atoms with E-state index in [4.69, 9.17) is 16.3 Å². The molecule has 0 radical (unpaired) electrons. The van der Waals surface area contributed by atoms with Gasteiger partial charge >= 0.3 is 0 Å². The van der Waals surface area contributed by atoms with Crippen molar-refractivity contribution in [3.63, 3.8) is 0 Å². The Morgan fingerprint density at radius 3 is 2.46 bits per heavy atom. The summed E-state index contributed by atoms with van der Waals surface area (Å²) in [5, 5.41) is 6.33. The fraction of sp³-hybridized carbons (Fsp3) is 0.364. The molecule has 2 N–H and O–H groups in total. The van der Waals surface area contributed by atoms with Gasteiger partial charge in [0.2, 0.25) is 0 Å². The summed E-state index contributed by atoms with van der Waals surface area (Å²) in [4.78, 5) is 25.3. The molecule has 0 spiro atoms. The van der Waals surface area contributed by atoms with Crippen LogP contribution in [0.1, 0.15) is 49.4 Å². The van der Waals surface area contributed by atoms with Gasteiger partial charge in [-0.1, -0.05) is 55.1 Å². The van der Waals surface area contributed by atoms with E-state index >= 15 is 0 Å². The molecule has 1 aliphatic rings. The fourth-order valence-corrected chi connectivity index (χ4v) is 3.50. The Bertz CT molecular complexity index is 834. The molecular weight excluding hydrogens is 376 g/mol. The van der Waals surface area contributed by atoms with Crippen LogP contribution in [0.25, 0.3) is 0 Å². The Morgan fingerprint density at radius 1 is 1.04 bits per heavy atom. The second kappa shape index (κ2) is 9.60. The number of benzene rings is 2. The zero-order chi connectivity index (χ0) is 19.9. The number of carbonyl (C=O) groups is 2. The molecule has 1 saturated carbocycles. The first-order chi connectivity index (χ1) is 13.5. The lowest BCUT2D eigenvalue weighted by atomic mass is 9.95. The van der Waals surface area contributed by atoms with Crippen LogP contribution in [-0.2, 0) is 4.79 Å². The Morgan fingerprint density at radius 2 is 1.71 bits per heavy atom. The van der Waals surface area contributed by atoms with Gasteiger partial charge in [-0.05, 0) is 44.0 Å². The third-order valence-corrected chi connectivity index (χ3v) is 5.19. The highest BCUT2D eigenvalue weighted by molar-refractivity contribution is 6.32. The first-order valence-corrected chi connectivity index (χ1v) is 10.0. The molecule has 2 aromatic carbocycles. The maximum atomic E-state index is 12.7. The van der Waals surface area contributed by atoms with E-state index in [0.29, 0.717) is 22.0 Å². The minimum Gasteiger partial charge on any atom is -0.479 e. The van der Waals surface area contributed by atoms with Crippen molar-refractivity contribution in [1.29, 1.82) is 0 Å². The summed E-state index contributed by atoms with van der Waals surface area (Å²) < 4.78 is 5.66. The monoisotopic (exact) mass is 400 g/mol. The van der Waals surface area contributed by atoms with Gasteiger partial charge in [0, 0.05) is 6.04 Å². The largest absolute Gasteiger partial charge is 0.479 e. The quantitative estimate of drug-likeness (QED) is 0.731. The second-order valence-electron chi connectivity index (χ2n) is 7.03. The highest BCUT2D eigenvalue weighted by Gasteiger charge is 2.21. The van der Waals surface area contributed by atoms with Crippen LogP contribution >= 0.6 is 11.6 Å². The molecule has 1 atom stereocenters. The summed E-state index contributed by atoms with van der Waals surface area (Å²) in [5.74, 6) is -0.0737. The molecule has 3 rings (SSSR count). The van der Waals surface area contributed by atoms with E-state index in [-0.39, 0.29) is 17.9 Å². The fourth-order valence-electron chi connectivity index (χ4n) is 3.32. The molecular formula is C22H25ClN2O3. The van der Waals surface area contributed by atoms with Crippen LogP contribution in [0.4, 0.5) is 5.69 Å². The minimum atomic E-state index is -0.769. The normalized spacial score (nSPS) is 15.5. The molecule has 0 unspecified atom stereocenters. The Kier molecular flexibility index (Phi) is 6.93. The van der Waals surface area contributed by atoms with E-state index in [9.17, 15) is 9.59 Å². The molecule has 1 aliphatic carbocycles. The lowest BCUT2D eigenvalue weighted by Crippen LogP contribution is -2.37. The van der Waals surface area contributed by atoms with Gasteiger partial charge in [-0.2, -0.15) is 0 Å². The van der Waals surface area contributed by atoms with Crippen molar-refractivity contribution in [3.8, 4) is 5.75 Å². The molecule has 0 aromatic heterocycles. The van der Waals surface area contributed by atoms with Gasteiger partial charge in [0.05, 0.1) is 16.3 Å². The molecule has 6 heteroatoms. The highest BCUT2D eigenvalue weighted by atomic mass is 35.5. The molecule has 0 bridgehead atoms. The third-order valence-electron chi connectivity index (χ3n) is 4.88. The summed E-state index contributed by atoms with van der Waals surface area (Å²) in [5.41, 5.74) is 0.918. The standard InChI is InChI=1S/C22H25ClN2O3/c1-15(28-20-14-8-6-12-18(20)23)21(26)25-19-13-7-5-11-17(19)22(27)24-16-9-3-2-4-10-16/h5-8,11-16H,2-4,9-10H2,1H3,(H,24,27)(H,25,26)/t15-/m0/s1. The predicted molar refractivity (Wildman–Crippen MR) is 111 cm³/mol. The zero-order valence-electron chi connectivity index (χ0n) is 15.9. The van der Waals surface area contributed by atoms with Crippen LogP contribution in [0.5, 0.6) is 5.75 Å². The van der Waals surface area contributed by atoms with Crippen LogP contribution < -0.4 is 15.4 Å². The molecule has 0 saturated heterocycles. The molecule has 148 valence electrons. The van der Waals surface area contributed by atoms with E-state index in [1.54, 1.807) is 55.5 Å². The predicted octanol–water partition coefficient (Wildman–Crippen LogP) is 4.81. The second-order valence-corrected chi connectivity index (χ2v) is 7.44. The van der Waals surface area contributed by atoms with Crippen LogP contribution in [0, 0.1) is 0 Å². The topological polar surface area (TPSA) is 67.4 Å². The average Bonchev–Trinajstić information content (AvgIpc) is 2.70. The van der Waals surface area contributed by atoms with Gasteiger partial charge in [-0.25, -0.2) is 0 Å². The third kappa shape index (κ3) is 5.26. The Balaban J connectivity index is 1.65. The van der Waals surface area contributed by atoms with Crippen molar-refractivity contribution < 1.29 is 14.3 Å². The van der Waals surface area contributed by atoms with E-state index < -0.39 is 6.10 Å². The van der Waals surface area contributed by atoms with Crippen LogP contribution in [-0.4, -0.2) is 24.0 Å². The molecule has 5 nitrogen and oxygen atoms in total. The van der Waals surface area contributed by atoms with Crippen LogP contribution in [0.2, 0.25) is 5.02 Å². The van der Waals surface area contributed by atoms with Gasteiger partial charge in [-0.3, -0.25) is 9.59 Å². The molecule has 0 heterocycles. The summed E-state index contributed by atoms with van der Waals surface area (Å²) >= 11 is 6.08.